The molecule has 0 fully saturated rings. The van der Waals surface area contributed by atoms with Gasteiger partial charge >= 0.3 is 0 Å². The zero-order chi connectivity index (χ0) is 21.4. The van der Waals surface area contributed by atoms with E-state index >= 15 is 0 Å². The first-order chi connectivity index (χ1) is 15.7. The van der Waals surface area contributed by atoms with Gasteiger partial charge < -0.3 is 0 Å². The Hall–Kier alpha value is -3.20. The molecule has 2 heteroatoms. The van der Waals surface area contributed by atoms with Crippen LogP contribution in [0.15, 0.2) is 107 Å². The Morgan fingerprint density at radius 1 is 0.406 bits per heavy atom. The predicted octanol–water partition coefficient (Wildman–Crippen LogP) is 8.48. The minimum absolute atomic E-state index is 0.970. The van der Waals surface area contributed by atoms with Crippen LogP contribution >= 0.6 is 25.3 Å². The molecule has 6 aromatic rings. The second-order valence-electron chi connectivity index (χ2n) is 8.51. The lowest BCUT2D eigenvalue weighted by Crippen LogP contribution is -1.91. The van der Waals surface area contributed by atoms with Gasteiger partial charge in [-0.3, -0.25) is 0 Å². The van der Waals surface area contributed by atoms with Gasteiger partial charge in [-0.15, -0.1) is 25.3 Å². The Morgan fingerprint density at radius 3 is 1.66 bits per heavy atom. The van der Waals surface area contributed by atoms with Crippen LogP contribution in [-0.2, 0) is 0 Å². The van der Waals surface area contributed by atoms with E-state index in [9.17, 15) is 0 Å². The first-order valence-corrected chi connectivity index (χ1v) is 11.6. The third-order valence-corrected chi connectivity index (χ3v) is 7.24. The van der Waals surface area contributed by atoms with E-state index in [0.717, 1.165) is 9.79 Å². The smallest absolute Gasteiger partial charge is 0.00461 e. The Kier molecular flexibility index (Phi) is 3.82. The summed E-state index contributed by atoms with van der Waals surface area (Å²) in [6.45, 7) is 0. The van der Waals surface area contributed by atoms with E-state index in [4.69, 9.17) is 0 Å². The molecule has 0 spiro atoms. The van der Waals surface area contributed by atoms with E-state index in [0.29, 0.717) is 0 Å². The van der Waals surface area contributed by atoms with Crippen LogP contribution in [0, 0.1) is 0 Å². The van der Waals surface area contributed by atoms with E-state index in [1.54, 1.807) is 0 Å². The molecule has 7 rings (SSSR count). The zero-order valence-electron chi connectivity index (χ0n) is 17.1. The SMILES string of the molecule is Sc1cccc(C2=C(c3cccc(S)c3)c3cc4cccc5ccc6ccc2c3c6c54)c1. The highest BCUT2D eigenvalue weighted by Gasteiger charge is 2.28. The molecule has 0 unspecified atom stereocenters. The summed E-state index contributed by atoms with van der Waals surface area (Å²) in [5.74, 6) is 0. The Morgan fingerprint density at radius 2 is 0.969 bits per heavy atom. The molecule has 0 nitrogen and oxygen atoms in total. The summed E-state index contributed by atoms with van der Waals surface area (Å²) in [5, 5.41) is 7.95. The highest BCUT2D eigenvalue weighted by atomic mass is 32.1. The molecule has 0 aliphatic heterocycles. The lowest BCUT2D eigenvalue weighted by Gasteiger charge is -2.14. The Balaban J connectivity index is 1.71. The van der Waals surface area contributed by atoms with Gasteiger partial charge in [0.05, 0.1) is 0 Å². The molecule has 0 atom stereocenters. The maximum Gasteiger partial charge on any atom is 0.00461 e. The average Bonchev–Trinajstić information content (AvgIpc) is 3.14. The van der Waals surface area contributed by atoms with Crippen molar-refractivity contribution in [3.8, 4) is 0 Å². The Bertz CT molecular complexity index is 1740. The van der Waals surface area contributed by atoms with Crippen LogP contribution in [0.4, 0.5) is 0 Å². The molecule has 0 radical (unpaired) electrons. The van der Waals surface area contributed by atoms with Crippen LogP contribution in [0.2, 0.25) is 0 Å². The van der Waals surface area contributed by atoms with Gasteiger partial charge in [0.15, 0.2) is 0 Å². The summed E-state index contributed by atoms with van der Waals surface area (Å²) in [4.78, 5) is 1.94. The highest BCUT2D eigenvalue weighted by molar-refractivity contribution is 7.80. The summed E-state index contributed by atoms with van der Waals surface area (Å²) in [6.07, 6.45) is 0. The van der Waals surface area contributed by atoms with Crippen molar-refractivity contribution < 1.29 is 0 Å². The fourth-order valence-corrected chi connectivity index (χ4v) is 5.90. The van der Waals surface area contributed by atoms with Crippen molar-refractivity contribution in [2.75, 3.05) is 0 Å². The standard InChI is InChI=1S/C30H18S2/c31-22-8-2-6-19(14-22)27-24-13-12-18-11-10-17-4-1-5-21-16-25(30(24)29(18)26(17)21)28(27)20-7-3-9-23(32)15-20/h1-16,31-32H. The fourth-order valence-electron chi connectivity index (χ4n) is 5.45. The Labute approximate surface area is 197 Å². The summed E-state index contributed by atoms with van der Waals surface area (Å²) in [7, 11) is 0. The molecular weight excluding hydrogens is 424 g/mol. The molecule has 6 aromatic carbocycles. The second kappa shape index (κ2) is 6.65. The van der Waals surface area contributed by atoms with Crippen molar-refractivity contribution in [1.29, 1.82) is 0 Å². The maximum atomic E-state index is 4.66. The molecule has 0 heterocycles. The normalized spacial score (nSPS) is 13.2. The van der Waals surface area contributed by atoms with Crippen molar-refractivity contribution in [1.82, 2.24) is 0 Å². The van der Waals surface area contributed by atoms with Crippen molar-refractivity contribution in [2.24, 2.45) is 0 Å². The van der Waals surface area contributed by atoms with Crippen LogP contribution in [0.3, 0.4) is 0 Å². The van der Waals surface area contributed by atoms with Gasteiger partial charge in [-0.05, 0) is 96.0 Å². The van der Waals surface area contributed by atoms with Crippen LogP contribution in [0.5, 0.6) is 0 Å². The average molecular weight is 443 g/mol. The van der Waals surface area contributed by atoms with Crippen molar-refractivity contribution in [3.63, 3.8) is 0 Å². The molecule has 1 aliphatic carbocycles. The molecular formula is C30H18S2. The van der Waals surface area contributed by atoms with Crippen molar-refractivity contribution >= 4 is 68.7 Å². The number of rotatable bonds is 2. The van der Waals surface area contributed by atoms with Gasteiger partial charge in [-0.1, -0.05) is 66.7 Å². The van der Waals surface area contributed by atoms with E-state index in [1.165, 1.54) is 65.7 Å². The molecule has 150 valence electrons. The molecule has 1 aliphatic rings. The van der Waals surface area contributed by atoms with E-state index in [2.05, 4.69) is 110 Å². The number of thiol groups is 2. The van der Waals surface area contributed by atoms with Crippen molar-refractivity contribution in [2.45, 2.75) is 9.79 Å². The summed E-state index contributed by atoms with van der Waals surface area (Å²) in [5.41, 5.74) is 7.53. The van der Waals surface area contributed by atoms with Gasteiger partial charge in [0.2, 0.25) is 0 Å². The third-order valence-electron chi connectivity index (χ3n) is 6.69. The number of benzene rings is 6. The quantitative estimate of drug-likeness (QED) is 0.195. The predicted molar refractivity (Wildman–Crippen MR) is 143 cm³/mol. The zero-order valence-corrected chi connectivity index (χ0v) is 18.9. The van der Waals surface area contributed by atoms with Crippen LogP contribution in [-0.4, -0.2) is 0 Å². The third kappa shape index (κ3) is 2.48. The minimum atomic E-state index is 0.970. The number of hydrogen-bond donors (Lipinski definition) is 2. The summed E-state index contributed by atoms with van der Waals surface area (Å²) >= 11 is 9.30. The van der Waals surface area contributed by atoms with Crippen LogP contribution in [0.25, 0.3) is 43.5 Å². The molecule has 0 amide bonds. The highest BCUT2D eigenvalue weighted by Crippen LogP contribution is 2.51. The fraction of sp³-hybridized carbons (Fsp3) is 0. The molecule has 0 saturated carbocycles. The van der Waals surface area contributed by atoms with E-state index in [-0.39, 0.29) is 0 Å². The molecule has 0 aromatic heterocycles. The monoisotopic (exact) mass is 442 g/mol. The van der Waals surface area contributed by atoms with Crippen molar-refractivity contribution in [3.05, 3.63) is 119 Å². The molecule has 0 N–H and O–H groups in total. The van der Waals surface area contributed by atoms with Gasteiger partial charge in [0.1, 0.15) is 0 Å². The molecule has 0 bridgehead atoms. The largest absolute Gasteiger partial charge is 0.143 e. The van der Waals surface area contributed by atoms with Gasteiger partial charge in [0.25, 0.3) is 0 Å². The maximum absolute atomic E-state index is 4.66. The van der Waals surface area contributed by atoms with Crippen LogP contribution in [0.1, 0.15) is 22.3 Å². The van der Waals surface area contributed by atoms with Gasteiger partial charge in [0, 0.05) is 9.79 Å². The number of hydrogen-bond acceptors (Lipinski definition) is 2. The van der Waals surface area contributed by atoms with Crippen LogP contribution < -0.4 is 0 Å². The minimum Gasteiger partial charge on any atom is -0.143 e. The first-order valence-electron chi connectivity index (χ1n) is 10.7. The summed E-state index contributed by atoms with van der Waals surface area (Å²) < 4.78 is 0. The topological polar surface area (TPSA) is 0 Å². The molecule has 0 saturated heterocycles. The second-order valence-corrected chi connectivity index (χ2v) is 9.54. The lowest BCUT2D eigenvalue weighted by atomic mass is 9.89. The van der Waals surface area contributed by atoms with E-state index < -0.39 is 0 Å². The van der Waals surface area contributed by atoms with Gasteiger partial charge in [-0.2, -0.15) is 0 Å². The summed E-state index contributed by atoms with van der Waals surface area (Å²) in [6, 6.07) is 35.1. The molecule has 32 heavy (non-hydrogen) atoms. The lowest BCUT2D eigenvalue weighted by molar-refractivity contribution is 1.42. The van der Waals surface area contributed by atoms with Gasteiger partial charge in [-0.25, -0.2) is 0 Å². The van der Waals surface area contributed by atoms with E-state index in [1.807, 2.05) is 12.1 Å². The first kappa shape index (κ1) is 18.4.